The van der Waals surface area contributed by atoms with Crippen molar-refractivity contribution in [2.75, 3.05) is 0 Å². The summed E-state index contributed by atoms with van der Waals surface area (Å²) in [5.41, 5.74) is 3.80. The molecule has 0 bridgehead atoms. The first kappa shape index (κ1) is 13.2. The predicted molar refractivity (Wildman–Crippen MR) is 69.8 cm³/mol. The van der Waals surface area contributed by atoms with Crippen LogP contribution < -0.4 is 0 Å². The second-order valence-corrected chi connectivity index (χ2v) is 4.73. The first-order valence-corrected chi connectivity index (χ1v) is 6.37. The van der Waals surface area contributed by atoms with E-state index < -0.39 is 0 Å². The lowest BCUT2D eigenvalue weighted by Crippen LogP contribution is -2.02. The van der Waals surface area contributed by atoms with Crippen LogP contribution in [0.25, 0.3) is 0 Å². The van der Waals surface area contributed by atoms with Crippen molar-refractivity contribution in [3.05, 3.63) is 34.9 Å². The van der Waals surface area contributed by atoms with Gasteiger partial charge in [-0.1, -0.05) is 45.9 Å². The van der Waals surface area contributed by atoms with Crippen LogP contribution in [0.15, 0.2) is 18.2 Å². The molecule has 0 saturated carbocycles. The molecule has 1 N–H and O–H groups in total. The Labute approximate surface area is 99.5 Å². The zero-order valence-electron chi connectivity index (χ0n) is 11.0. The van der Waals surface area contributed by atoms with E-state index in [-0.39, 0.29) is 6.61 Å². The van der Waals surface area contributed by atoms with Crippen LogP contribution in [0.3, 0.4) is 0 Å². The maximum absolute atomic E-state index is 9.35. The molecular formula is C15H24O. The molecule has 16 heavy (non-hydrogen) atoms. The standard InChI is InChI=1S/C15H24O/c1-5-11(3)13-7-8-14(10-16)15(9-13)12(4)6-2/h7-9,11-12,16H,5-6,10H2,1-4H3. The average Bonchev–Trinajstić information content (AvgIpc) is 2.35. The maximum Gasteiger partial charge on any atom is 0.0684 e. The van der Waals surface area contributed by atoms with Crippen LogP contribution in [-0.2, 0) is 6.61 Å². The van der Waals surface area contributed by atoms with Crippen LogP contribution in [0, 0.1) is 0 Å². The third-order valence-electron chi connectivity index (χ3n) is 3.66. The minimum absolute atomic E-state index is 0.153. The summed E-state index contributed by atoms with van der Waals surface area (Å²) in [5, 5.41) is 9.35. The SMILES string of the molecule is CCC(C)c1ccc(CO)c(C(C)CC)c1. The van der Waals surface area contributed by atoms with Gasteiger partial charge in [-0.15, -0.1) is 0 Å². The Morgan fingerprint density at radius 2 is 1.69 bits per heavy atom. The maximum atomic E-state index is 9.35. The molecule has 0 heterocycles. The lowest BCUT2D eigenvalue weighted by molar-refractivity contribution is 0.280. The van der Waals surface area contributed by atoms with Gasteiger partial charge < -0.3 is 5.11 Å². The molecule has 1 aromatic carbocycles. The fourth-order valence-corrected chi connectivity index (χ4v) is 1.98. The van der Waals surface area contributed by atoms with E-state index in [4.69, 9.17) is 0 Å². The van der Waals surface area contributed by atoms with Crippen molar-refractivity contribution in [2.24, 2.45) is 0 Å². The Morgan fingerprint density at radius 1 is 1.06 bits per heavy atom. The average molecular weight is 220 g/mol. The molecule has 0 aromatic heterocycles. The number of aliphatic hydroxyl groups excluding tert-OH is 1. The molecule has 0 saturated heterocycles. The molecule has 0 amide bonds. The van der Waals surface area contributed by atoms with Gasteiger partial charge >= 0.3 is 0 Å². The van der Waals surface area contributed by atoms with E-state index >= 15 is 0 Å². The highest BCUT2D eigenvalue weighted by Gasteiger charge is 2.11. The van der Waals surface area contributed by atoms with Gasteiger partial charge in [0.1, 0.15) is 0 Å². The summed E-state index contributed by atoms with van der Waals surface area (Å²) in [6, 6.07) is 6.53. The van der Waals surface area contributed by atoms with Gasteiger partial charge in [-0.05, 0) is 41.4 Å². The number of hydrogen-bond donors (Lipinski definition) is 1. The Bertz CT molecular complexity index is 330. The summed E-state index contributed by atoms with van der Waals surface area (Å²) in [4.78, 5) is 0. The summed E-state index contributed by atoms with van der Waals surface area (Å²) >= 11 is 0. The number of hydrogen-bond acceptors (Lipinski definition) is 1. The second kappa shape index (κ2) is 6.05. The summed E-state index contributed by atoms with van der Waals surface area (Å²) < 4.78 is 0. The molecule has 0 spiro atoms. The van der Waals surface area contributed by atoms with Crippen LogP contribution >= 0.6 is 0 Å². The molecule has 2 unspecified atom stereocenters. The summed E-state index contributed by atoms with van der Waals surface area (Å²) in [6.45, 7) is 9.05. The van der Waals surface area contributed by atoms with Gasteiger partial charge in [0.15, 0.2) is 0 Å². The molecule has 0 aliphatic heterocycles. The second-order valence-electron chi connectivity index (χ2n) is 4.73. The molecule has 1 nitrogen and oxygen atoms in total. The molecule has 0 aliphatic carbocycles. The van der Waals surface area contributed by atoms with E-state index in [2.05, 4.69) is 45.9 Å². The molecule has 2 atom stereocenters. The lowest BCUT2D eigenvalue weighted by atomic mass is 9.88. The highest BCUT2D eigenvalue weighted by molar-refractivity contribution is 5.35. The van der Waals surface area contributed by atoms with Crippen molar-refractivity contribution < 1.29 is 5.11 Å². The van der Waals surface area contributed by atoms with Gasteiger partial charge in [0, 0.05) is 0 Å². The fraction of sp³-hybridized carbons (Fsp3) is 0.600. The van der Waals surface area contributed by atoms with E-state index in [9.17, 15) is 5.11 Å². The molecule has 0 aliphatic rings. The highest BCUT2D eigenvalue weighted by atomic mass is 16.3. The molecule has 1 rings (SSSR count). The quantitative estimate of drug-likeness (QED) is 0.788. The van der Waals surface area contributed by atoms with E-state index in [1.54, 1.807) is 0 Å². The Balaban J connectivity index is 3.10. The van der Waals surface area contributed by atoms with Crippen molar-refractivity contribution in [1.29, 1.82) is 0 Å². The van der Waals surface area contributed by atoms with Crippen LogP contribution in [0.1, 0.15) is 69.1 Å². The number of benzene rings is 1. The topological polar surface area (TPSA) is 20.2 Å². The normalized spacial score (nSPS) is 14.8. The third kappa shape index (κ3) is 2.85. The van der Waals surface area contributed by atoms with E-state index in [1.807, 2.05) is 0 Å². The van der Waals surface area contributed by atoms with Crippen LogP contribution in [-0.4, -0.2) is 5.11 Å². The van der Waals surface area contributed by atoms with Crippen LogP contribution in [0.5, 0.6) is 0 Å². The zero-order valence-corrected chi connectivity index (χ0v) is 11.0. The number of aliphatic hydroxyl groups is 1. The van der Waals surface area contributed by atoms with Gasteiger partial charge in [-0.3, -0.25) is 0 Å². The first-order valence-electron chi connectivity index (χ1n) is 6.37. The van der Waals surface area contributed by atoms with Crippen molar-refractivity contribution in [3.63, 3.8) is 0 Å². The minimum Gasteiger partial charge on any atom is -0.392 e. The monoisotopic (exact) mass is 220 g/mol. The molecule has 1 aromatic rings. The van der Waals surface area contributed by atoms with Gasteiger partial charge in [-0.2, -0.15) is 0 Å². The van der Waals surface area contributed by atoms with Gasteiger partial charge in [0.25, 0.3) is 0 Å². The Morgan fingerprint density at radius 3 is 2.19 bits per heavy atom. The van der Waals surface area contributed by atoms with Gasteiger partial charge in [0.05, 0.1) is 6.61 Å². The van der Waals surface area contributed by atoms with Crippen LogP contribution in [0.4, 0.5) is 0 Å². The van der Waals surface area contributed by atoms with Crippen molar-refractivity contribution >= 4 is 0 Å². The first-order chi connectivity index (χ1) is 7.63. The van der Waals surface area contributed by atoms with E-state index in [0.29, 0.717) is 11.8 Å². The summed E-state index contributed by atoms with van der Waals surface area (Å²) in [7, 11) is 0. The number of rotatable bonds is 5. The Hall–Kier alpha value is -0.820. The molecule has 0 fully saturated rings. The fourth-order valence-electron chi connectivity index (χ4n) is 1.98. The van der Waals surface area contributed by atoms with Crippen molar-refractivity contribution in [1.82, 2.24) is 0 Å². The van der Waals surface area contributed by atoms with Crippen molar-refractivity contribution in [3.8, 4) is 0 Å². The van der Waals surface area contributed by atoms with E-state index in [0.717, 1.165) is 12.0 Å². The molecule has 0 radical (unpaired) electrons. The largest absolute Gasteiger partial charge is 0.392 e. The van der Waals surface area contributed by atoms with Crippen LogP contribution in [0.2, 0.25) is 0 Å². The van der Waals surface area contributed by atoms with E-state index in [1.165, 1.54) is 17.5 Å². The Kier molecular flexibility index (Phi) is 5.01. The zero-order chi connectivity index (χ0) is 12.1. The van der Waals surface area contributed by atoms with Gasteiger partial charge in [-0.25, -0.2) is 0 Å². The molecular weight excluding hydrogens is 196 g/mol. The molecule has 1 heteroatoms. The minimum atomic E-state index is 0.153. The predicted octanol–water partition coefficient (Wildman–Crippen LogP) is 4.21. The molecule has 90 valence electrons. The van der Waals surface area contributed by atoms with Crippen molar-refractivity contribution in [2.45, 2.75) is 59.0 Å². The van der Waals surface area contributed by atoms with Gasteiger partial charge in [0.2, 0.25) is 0 Å². The third-order valence-corrected chi connectivity index (χ3v) is 3.66. The smallest absolute Gasteiger partial charge is 0.0684 e. The lowest BCUT2D eigenvalue weighted by Gasteiger charge is -2.17. The summed E-state index contributed by atoms with van der Waals surface area (Å²) in [5.74, 6) is 1.14. The highest BCUT2D eigenvalue weighted by Crippen LogP contribution is 2.28. The summed E-state index contributed by atoms with van der Waals surface area (Å²) in [6.07, 6.45) is 2.29.